The largest absolute Gasteiger partial charge is 0.404 e. The van der Waals surface area contributed by atoms with Gasteiger partial charge in [-0.1, -0.05) is 6.07 Å². The maximum Gasteiger partial charge on any atom is 0.293 e. The van der Waals surface area contributed by atoms with Crippen LogP contribution in [-0.4, -0.2) is 42.1 Å². The van der Waals surface area contributed by atoms with Crippen molar-refractivity contribution in [3.63, 3.8) is 0 Å². The van der Waals surface area contributed by atoms with Crippen LogP contribution < -0.4 is 21.5 Å². The number of nitrogens with one attached hydrogen (secondary N) is 2. The van der Waals surface area contributed by atoms with Gasteiger partial charge in [-0.15, -0.1) is 0 Å². The second-order valence-corrected chi connectivity index (χ2v) is 7.18. The molecule has 1 aliphatic rings. The number of halogens is 1. The number of allylic oxidation sites excluding steroid dienone is 1. The van der Waals surface area contributed by atoms with Crippen LogP contribution in [0.3, 0.4) is 0 Å². The minimum absolute atomic E-state index is 0.0300. The first-order chi connectivity index (χ1) is 15.0. The lowest BCUT2D eigenvalue weighted by Gasteiger charge is -2.29. The first-order valence-corrected chi connectivity index (χ1v) is 9.84. The van der Waals surface area contributed by atoms with Crippen LogP contribution in [0.2, 0.25) is 0 Å². The van der Waals surface area contributed by atoms with Crippen LogP contribution >= 0.6 is 0 Å². The Bertz CT molecular complexity index is 1230. The van der Waals surface area contributed by atoms with E-state index in [0.717, 1.165) is 11.9 Å². The molecule has 9 heteroatoms. The van der Waals surface area contributed by atoms with Gasteiger partial charge in [0, 0.05) is 43.8 Å². The number of rotatable bonds is 5. The maximum absolute atomic E-state index is 14.8. The van der Waals surface area contributed by atoms with E-state index in [2.05, 4.69) is 15.2 Å². The summed E-state index contributed by atoms with van der Waals surface area (Å²) in [6, 6.07) is 10.1. The highest BCUT2D eigenvalue weighted by atomic mass is 19.1. The summed E-state index contributed by atoms with van der Waals surface area (Å²) in [5, 5.41) is 10.3. The van der Waals surface area contributed by atoms with Gasteiger partial charge in [0.1, 0.15) is 5.82 Å². The Labute approximate surface area is 178 Å². The Balaban J connectivity index is 1.67. The molecule has 4 rings (SSSR count). The van der Waals surface area contributed by atoms with Crippen LogP contribution in [-0.2, 0) is 11.8 Å². The van der Waals surface area contributed by atoms with Gasteiger partial charge in [0.05, 0.1) is 29.9 Å². The number of aryl methyl sites for hydroxylation is 1. The minimum atomic E-state index is -0.466. The summed E-state index contributed by atoms with van der Waals surface area (Å²) in [5.41, 5.74) is 8.48. The second kappa shape index (κ2) is 8.57. The highest BCUT2D eigenvalue weighted by Crippen LogP contribution is 2.25. The standard InChI is InChI=1S/C22H23FN6O2/c1-28-20-10-14(15(12-24)13-25)2-4-19(20)27-21(22(28)30)26-18-5-3-16(11-17(18)23)29-6-8-31-9-7-29/h2-5,10-13,24H,6-9,25H2,1H3,(H,26,27)/b15-13+,24-12?. The Kier molecular flexibility index (Phi) is 5.68. The Morgan fingerprint density at radius 3 is 2.71 bits per heavy atom. The van der Waals surface area contributed by atoms with Crippen LogP contribution in [0.25, 0.3) is 16.6 Å². The number of nitrogens with zero attached hydrogens (tertiary/aromatic N) is 3. The van der Waals surface area contributed by atoms with E-state index in [-0.39, 0.29) is 11.5 Å². The lowest BCUT2D eigenvalue weighted by molar-refractivity contribution is 0.122. The molecule has 1 fully saturated rings. The molecule has 0 unspecified atom stereocenters. The Hall–Kier alpha value is -3.72. The second-order valence-electron chi connectivity index (χ2n) is 7.18. The number of benzene rings is 2. The molecule has 0 bridgehead atoms. The third-order valence-electron chi connectivity index (χ3n) is 5.33. The lowest BCUT2D eigenvalue weighted by atomic mass is 10.1. The number of hydrogen-bond acceptors (Lipinski definition) is 7. The van der Waals surface area contributed by atoms with Crippen molar-refractivity contribution >= 4 is 40.0 Å². The number of hydrogen-bond donors (Lipinski definition) is 3. The topological polar surface area (TPSA) is 109 Å². The van der Waals surface area contributed by atoms with Gasteiger partial charge in [0.2, 0.25) is 0 Å². The number of morpholine rings is 1. The highest BCUT2D eigenvalue weighted by molar-refractivity contribution is 6.09. The summed E-state index contributed by atoms with van der Waals surface area (Å²) < 4.78 is 21.5. The fraction of sp³-hybridized carbons (Fsp3) is 0.227. The molecular formula is C22H23FN6O2. The van der Waals surface area contributed by atoms with Gasteiger partial charge in [0.25, 0.3) is 5.56 Å². The molecule has 0 spiro atoms. The first-order valence-electron chi connectivity index (χ1n) is 9.84. The summed E-state index contributed by atoms with van der Waals surface area (Å²) in [6.07, 6.45) is 2.48. The average Bonchev–Trinajstić information content (AvgIpc) is 2.80. The Morgan fingerprint density at radius 1 is 1.26 bits per heavy atom. The van der Waals surface area contributed by atoms with Gasteiger partial charge in [-0.2, -0.15) is 0 Å². The zero-order valence-corrected chi connectivity index (χ0v) is 17.1. The zero-order chi connectivity index (χ0) is 22.0. The fourth-order valence-corrected chi connectivity index (χ4v) is 3.56. The molecule has 0 atom stereocenters. The first kappa shape index (κ1) is 20.5. The molecule has 4 N–H and O–H groups in total. The van der Waals surface area contributed by atoms with E-state index in [1.54, 1.807) is 31.3 Å². The zero-order valence-electron chi connectivity index (χ0n) is 17.1. The molecule has 1 aliphatic heterocycles. The van der Waals surface area contributed by atoms with Gasteiger partial charge in [-0.3, -0.25) is 4.79 Å². The van der Waals surface area contributed by atoms with Gasteiger partial charge in [-0.25, -0.2) is 9.37 Å². The Morgan fingerprint density at radius 2 is 2.03 bits per heavy atom. The minimum Gasteiger partial charge on any atom is -0.404 e. The quantitative estimate of drug-likeness (QED) is 0.546. The molecule has 0 radical (unpaired) electrons. The molecule has 1 aromatic heterocycles. The van der Waals surface area contributed by atoms with E-state index in [4.69, 9.17) is 15.9 Å². The predicted octanol–water partition coefficient (Wildman–Crippen LogP) is 2.60. The van der Waals surface area contributed by atoms with Crippen LogP contribution in [0.1, 0.15) is 5.56 Å². The lowest BCUT2D eigenvalue weighted by Crippen LogP contribution is -2.36. The van der Waals surface area contributed by atoms with Crippen LogP contribution in [0.5, 0.6) is 0 Å². The predicted molar refractivity (Wildman–Crippen MR) is 121 cm³/mol. The van der Waals surface area contributed by atoms with Crippen molar-refractivity contribution in [3.8, 4) is 0 Å². The molecule has 0 saturated carbocycles. The van der Waals surface area contributed by atoms with E-state index in [1.807, 2.05) is 6.07 Å². The highest BCUT2D eigenvalue weighted by Gasteiger charge is 2.15. The molecule has 0 aliphatic carbocycles. The van der Waals surface area contributed by atoms with Crippen molar-refractivity contribution < 1.29 is 9.13 Å². The van der Waals surface area contributed by atoms with Gasteiger partial charge in [0.15, 0.2) is 5.82 Å². The normalized spacial score (nSPS) is 14.6. The summed E-state index contributed by atoms with van der Waals surface area (Å²) in [6.45, 7) is 2.64. The monoisotopic (exact) mass is 422 g/mol. The average molecular weight is 422 g/mol. The maximum atomic E-state index is 14.8. The molecule has 3 aromatic rings. The van der Waals surface area contributed by atoms with Gasteiger partial charge in [-0.05, 0) is 35.9 Å². The molecule has 1 saturated heterocycles. The molecular weight excluding hydrogens is 399 g/mol. The molecule has 2 heterocycles. The third-order valence-corrected chi connectivity index (χ3v) is 5.33. The summed E-state index contributed by atoms with van der Waals surface area (Å²) in [5.74, 6) is -0.436. The molecule has 160 valence electrons. The number of fused-ring (bicyclic) bond motifs is 1. The van der Waals surface area contributed by atoms with Crippen molar-refractivity contribution in [3.05, 3.63) is 64.3 Å². The fourth-order valence-electron chi connectivity index (χ4n) is 3.56. The van der Waals surface area contributed by atoms with Crippen molar-refractivity contribution in [2.45, 2.75) is 0 Å². The van der Waals surface area contributed by atoms with Crippen LogP contribution in [0.4, 0.5) is 21.6 Å². The van der Waals surface area contributed by atoms with Crippen molar-refractivity contribution in [2.75, 3.05) is 36.5 Å². The summed E-state index contributed by atoms with van der Waals surface area (Å²) in [7, 11) is 1.62. The smallest absolute Gasteiger partial charge is 0.293 e. The van der Waals surface area contributed by atoms with Crippen LogP contribution in [0, 0.1) is 11.2 Å². The van der Waals surface area contributed by atoms with E-state index in [0.29, 0.717) is 48.5 Å². The van der Waals surface area contributed by atoms with Crippen LogP contribution in [0.15, 0.2) is 47.4 Å². The number of aromatic nitrogens is 2. The number of anilines is 3. The molecule has 8 nitrogen and oxygen atoms in total. The van der Waals surface area contributed by atoms with Crippen molar-refractivity contribution in [1.29, 1.82) is 5.41 Å². The number of ether oxygens (including phenoxy) is 1. The molecule has 2 aromatic carbocycles. The summed E-state index contributed by atoms with van der Waals surface area (Å²) in [4.78, 5) is 19.3. The van der Waals surface area contributed by atoms with E-state index >= 15 is 0 Å². The SMILES string of the molecule is Cn1c(=O)c(Nc2ccc(N3CCOCC3)cc2F)nc2ccc(/C(C=N)=C/N)cc21. The summed E-state index contributed by atoms with van der Waals surface area (Å²) >= 11 is 0. The van der Waals surface area contributed by atoms with Crippen molar-refractivity contribution in [2.24, 2.45) is 12.8 Å². The van der Waals surface area contributed by atoms with E-state index in [1.165, 1.54) is 16.8 Å². The van der Waals surface area contributed by atoms with Gasteiger partial charge >= 0.3 is 0 Å². The van der Waals surface area contributed by atoms with E-state index in [9.17, 15) is 9.18 Å². The van der Waals surface area contributed by atoms with Crippen molar-refractivity contribution in [1.82, 2.24) is 9.55 Å². The van der Waals surface area contributed by atoms with Gasteiger partial charge < -0.3 is 30.7 Å². The van der Waals surface area contributed by atoms with E-state index < -0.39 is 11.4 Å². The third kappa shape index (κ3) is 3.99. The molecule has 31 heavy (non-hydrogen) atoms. The molecule has 0 amide bonds. The number of nitrogens with two attached hydrogens (primary N) is 1.